The van der Waals surface area contributed by atoms with E-state index in [4.69, 9.17) is 23.4 Å². The number of benzene rings is 1. The first-order chi connectivity index (χ1) is 18.8. The van der Waals surface area contributed by atoms with Crippen molar-refractivity contribution in [3.63, 3.8) is 0 Å². The molecule has 4 heterocycles. The molecule has 1 saturated heterocycles. The lowest BCUT2D eigenvalue weighted by Crippen LogP contribution is -2.76. The van der Waals surface area contributed by atoms with Crippen molar-refractivity contribution < 1.29 is 48.6 Å². The molecule has 2 aromatic rings. The zero-order valence-electron chi connectivity index (χ0n) is 21.4. The van der Waals surface area contributed by atoms with E-state index in [2.05, 4.69) is 5.32 Å². The average Bonchev–Trinajstić information content (AvgIpc) is 3.40. The molecule has 0 radical (unpaired) electrons. The lowest BCUT2D eigenvalue weighted by atomic mass is 9.78. The Morgan fingerprint density at radius 2 is 2.08 bits per heavy atom. The van der Waals surface area contributed by atoms with Crippen LogP contribution in [0.2, 0.25) is 0 Å². The van der Waals surface area contributed by atoms with Crippen molar-refractivity contribution in [3.8, 4) is 11.5 Å². The molecule has 0 amide bonds. The van der Waals surface area contributed by atoms with Gasteiger partial charge in [0, 0.05) is 30.6 Å². The number of fused-ring (bicyclic) bond motifs is 6. The second kappa shape index (κ2) is 11.9. The summed E-state index contributed by atoms with van der Waals surface area (Å²) < 4.78 is 29.8. The van der Waals surface area contributed by atoms with E-state index in [-0.39, 0.29) is 43.5 Å². The zero-order chi connectivity index (χ0) is 27.6. The summed E-state index contributed by atoms with van der Waals surface area (Å²) in [6.07, 6.45) is -0.0207. The van der Waals surface area contributed by atoms with Crippen molar-refractivity contribution in [1.29, 1.82) is 0 Å². The van der Waals surface area contributed by atoms with E-state index in [0.29, 0.717) is 24.2 Å². The van der Waals surface area contributed by atoms with Crippen LogP contribution in [0.25, 0.3) is 11.0 Å². The van der Waals surface area contributed by atoms with Crippen LogP contribution in [0.3, 0.4) is 0 Å². The summed E-state index contributed by atoms with van der Waals surface area (Å²) in [7, 11) is 2.92. The van der Waals surface area contributed by atoms with E-state index in [1.807, 2.05) is 0 Å². The number of hydrogen-bond acceptors (Lipinski definition) is 13. The van der Waals surface area contributed by atoms with Gasteiger partial charge in [-0.3, -0.25) is 4.79 Å². The SMILES string of the molecule is CCOC(=O)CCc1cc2ccoc2c2c1OC13C=CC(SSCCNCCO2)C(CO)(O1)C(O)C(O)C3O. The fourth-order valence-corrected chi connectivity index (χ4v) is 7.77. The third-order valence-electron chi connectivity index (χ3n) is 7.10. The van der Waals surface area contributed by atoms with E-state index < -0.39 is 41.6 Å². The number of nitrogens with one attached hydrogen (secondary N) is 1. The van der Waals surface area contributed by atoms with Gasteiger partial charge in [-0.05, 0) is 37.1 Å². The van der Waals surface area contributed by atoms with Gasteiger partial charge in [0.1, 0.15) is 24.4 Å². The van der Waals surface area contributed by atoms with Crippen molar-refractivity contribution in [3.05, 3.63) is 36.1 Å². The fraction of sp³-hybridized carbons (Fsp3) is 0.577. The predicted octanol–water partition coefficient (Wildman–Crippen LogP) is 1.15. The zero-order valence-corrected chi connectivity index (χ0v) is 23.0. The first kappa shape index (κ1) is 28.6. The van der Waals surface area contributed by atoms with Gasteiger partial charge in [-0.25, -0.2) is 0 Å². The number of carbonyl (C=O) groups is 1. The molecule has 214 valence electrons. The molecule has 6 unspecified atom stereocenters. The Balaban J connectivity index is 1.65. The minimum absolute atomic E-state index is 0.0542. The highest BCUT2D eigenvalue weighted by Gasteiger charge is 2.65. The number of aliphatic hydroxyl groups excluding tert-OH is 4. The Kier molecular flexibility index (Phi) is 8.69. The molecule has 1 fully saturated rings. The highest BCUT2D eigenvalue weighted by Crippen LogP contribution is 2.51. The normalized spacial score (nSPS) is 32.9. The van der Waals surface area contributed by atoms with Gasteiger partial charge < -0.3 is 49.1 Å². The summed E-state index contributed by atoms with van der Waals surface area (Å²) in [4.78, 5) is 12.2. The molecular weight excluding hydrogens is 550 g/mol. The van der Waals surface area contributed by atoms with E-state index in [9.17, 15) is 25.2 Å². The second-order valence-electron chi connectivity index (χ2n) is 9.55. The van der Waals surface area contributed by atoms with E-state index in [0.717, 1.165) is 11.1 Å². The van der Waals surface area contributed by atoms with Crippen molar-refractivity contribution in [2.45, 2.75) is 54.7 Å². The molecule has 3 aliphatic heterocycles. The maximum absolute atomic E-state index is 12.2. The van der Waals surface area contributed by atoms with Gasteiger partial charge in [-0.15, -0.1) is 0 Å². The smallest absolute Gasteiger partial charge is 0.306 e. The first-order valence-corrected chi connectivity index (χ1v) is 15.3. The summed E-state index contributed by atoms with van der Waals surface area (Å²) in [6, 6.07) is 3.56. The molecule has 5 N–H and O–H groups in total. The Hall–Kier alpha value is -1.97. The number of esters is 1. The van der Waals surface area contributed by atoms with Gasteiger partial charge in [0.05, 0.1) is 24.7 Å². The fourth-order valence-electron chi connectivity index (χ4n) is 5.07. The molecule has 0 aliphatic carbocycles. The topological polar surface area (TPSA) is 160 Å². The predicted molar refractivity (Wildman–Crippen MR) is 145 cm³/mol. The highest BCUT2D eigenvalue weighted by molar-refractivity contribution is 8.77. The maximum Gasteiger partial charge on any atom is 0.306 e. The number of aliphatic hydroxyl groups is 4. The number of furan rings is 1. The maximum atomic E-state index is 12.2. The molecular formula is C26H33NO10S2. The van der Waals surface area contributed by atoms with Crippen molar-refractivity contribution >= 4 is 38.5 Å². The van der Waals surface area contributed by atoms with Crippen LogP contribution in [-0.4, -0.2) is 100 Å². The largest absolute Gasteiger partial charge is 0.485 e. The summed E-state index contributed by atoms with van der Waals surface area (Å²) in [5.74, 6) is -1.26. The molecule has 1 aromatic heterocycles. The Morgan fingerprint density at radius 1 is 1.23 bits per heavy atom. The molecule has 5 rings (SSSR count). The molecule has 1 spiro atoms. The van der Waals surface area contributed by atoms with Gasteiger partial charge in [0.25, 0.3) is 5.79 Å². The molecule has 3 bridgehead atoms. The van der Waals surface area contributed by atoms with Gasteiger partial charge in [-0.1, -0.05) is 27.7 Å². The third kappa shape index (κ3) is 5.26. The monoisotopic (exact) mass is 583 g/mol. The summed E-state index contributed by atoms with van der Waals surface area (Å²) in [5.41, 5.74) is -0.710. The number of carbonyl (C=O) groups excluding carboxylic acids is 1. The Bertz CT molecular complexity index is 1210. The van der Waals surface area contributed by atoms with Gasteiger partial charge >= 0.3 is 5.97 Å². The first-order valence-electron chi connectivity index (χ1n) is 12.9. The average molecular weight is 584 g/mol. The van der Waals surface area contributed by atoms with Crippen LogP contribution in [0.15, 0.2) is 35.0 Å². The van der Waals surface area contributed by atoms with Crippen LogP contribution in [-0.2, 0) is 20.7 Å². The molecule has 6 atom stereocenters. The van der Waals surface area contributed by atoms with Crippen LogP contribution in [0.5, 0.6) is 11.5 Å². The number of hydrogen-bond donors (Lipinski definition) is 5. The minimum atomic E-state index is -1.99. The van der Waals surface area contributed by atoms with Crippen LogP contribution in [0.4, 0.5) is 0 Å². The van der Waals surface area contributed by atoms with Gasteiger partial charge in [-0.2, -0.15) is 0 Å². The quantitative estimate of drug-likeness (QED) is 0.194. The standard InChI is InChI=1S/C26H33NO10S2/c1-2-33-18(29)4-3-15-13-16-6-10-34-20(16)22-21(15)36-26-7-5-17(39-38-12-9-27-8-11-35-22)25(14-28,37-26)23(31)19(30)24(26)32/h5-7,10,13,17,19,23-24,27-28,30-32H,2-4,8-9,11-12,14H2,1H3. The van der Waals surface area contributed by atoms with E-state index in [1.54, 1.807) is 25.1 Å². The molecule has 11 nitrogen and oxygen atoms in total. The molecule has 39 heavy (non-hydrogen) atoms. The van der Waals surface area contributed by atoms with Gasteiger partial charge in [0.2, 0.25) is 5.75 Å². The lowest BCUT2D eigenvalue weighted by molar-refractivity contribution is -0.356. The second-order valence-corrected chi connectivity index (χ2v) is 12.2. The van der Waals surface area contributed by atoms with Crippen LogP contribution in [0.1, 0.15) is 18.9 Å². The Labute approximate surface area is 233 Å². The number of aryl methyl sites for hydroxylation is 1. The molecule has 0 saturated carbocycles. The van der Waals surface area contributed by atoms with E-state index >= 15 is 0 Å². The van der Waals surface area contributed by atoms with E-state index in [1.165, 1.54) is 33.9 Å². The van der Waals surface area contributed by atoms with Crippen LogP contribution in [0, 0.1) is 0 Å². The van der Waals surface area contributed by atoms with Crippen LogP contribution >= 0.6 is 21.6 Å². The van der Waals surface area contributed by atoms with Crippen molar-refractivity contribution in [1.82, 2.24) is 5.32 Å². The molecule has 1 aromatic carbocycles. The summed E-state index contributed by atoms with van der Waals surface area (Å²) in [5, 5.41) is 47.2. The number of rotatable bonds is 5. The van der Waals surface area contributed by atoms with Crippen molar-refractivity contribution in [2.24, 2.45) is 0 Å². The summed E-state index contributed by atoms with van der Waals surface area (Å²) in [6.45, 7) is 2.82. The Morgan fingerprint density at radius 3 is 2.87 bits per heavy atom. The van der Waals surface area contributed by atoms with Crippen LogP contribution < -0.4 is 14.8 Å². The molecule has 13 heteroatoms. The number of ether oxygens (including phenoxy) is 4. The van der Waals surface area contributed by atoms with Crippen molar-refractivity contribution in [2.75, 3.05) is 38.7 Å². The summed E-state index contributed by atoms with van der Waals surface area (Å²) >= 11 is 0. The third-order valence-corrected chi connectivity index (χ3v) is 9.90. The minimum Gasteiger partial charge on any atom is -0.485 e. The lowest BCUT2D eigenvalue weighted by Gasteiger charge is -2.56. The molecule has 3 aliphatic rings. The van der Waals surface area contributed by atoms with Gasteiger partial charge in [0.15, 0.2) is 17.4 Å². The highest BCUT2D eigenvalue weighted by atomic mass is 33.1.